The van der Waals surface area contributed by atoms with E-state index in [0.717, 1.165) is 49.4 Å². The second-order valence-electron chi connectivity index (χ2n) is 8.27. The second-order valence-corrected chi connectivity index (χ2v) is 8.27. The summed E-state index contributed by atoms with van der Waals surface area (Å²) in [5, 5.41) is 19.9. The van der Waals surface area contributed by atoms with Gasteiger partial charge in [-0.1, -0.05) is 37.3 Å². The molecule has 2 aromatic carbocycles. The molecule has 6 nitrogen and oxygen atoms in total. The smallest absolute Gasteiger partial charge is 0.223 e. The number of hydrogen-bond acceptors (Lipinski definition) is 6. The maximum absolute atomic E-state index is 9.39. The first-order valence-electron chi connectivity index (χ1n) is 11.1. The van der Waals surface area contributed by atoms with Crippen LogP contribution in [0.2, 0.25) is 0 Å². The highest BCUT2D eigenvalue weighted by Crippen LogP contribution is 2.20. The van der Waals surface area contributed by atoms with Gasteiger partial charge in [-0.05, 0) is 67.2 Å². The SMILES string of the molecule is C[C@@H]1CNCCC1NCc1cccc(-c2ccnc(NCCc3ccc(O)cc3)n2)c1. The van der Waals surface area contributed by atoms with Crippen molar-refractivity contribution in [3.05, 3.63) is 71.9 Å². The molecule has 4 N–H and O–H groups in total. The van der Waals surface area contributed by atoms with Crippen LogP contribution in [-0.2, 0) is 13.0 Å². The number of aromatic nitrogens is 2. The molecule has 31 heavy (non-hydrogen) atoms. The molecule has 1 aliphatic rings. The average Bonchev–Trinajstić information content (AvgIpc) is 2.80. The van der Waals surface area contributed by atoms with Crippen molar-refractivity contribution in [2.45, 2.75) is 32.4 Å². The molecule has 0 saturated carbocycles. The number of phenols is 1. The molecule has 3 aromatic rings. The summed E-state index contributed by atoms with van der Waals surface area (Å²) in [6.45, 7) is 6.07. The predicted octanol–water partition coefficient (Wildman–Crippen LogP) is 3.59. The molecule has 1 aliphatic heterocycles. The molecular formula is C25H31N5O. The van der Waals surface area contributed by atoms with E-state index >= 15 is 0 Å². The highest BCUT2D eigenvalue weighted by atomic mass is 16.3. The first-order chi connectivity index (χ1) is 15.2. The van der Waals surface area contributed by atoms with Gasteiger partial charge in [0.15, 0.2) is 0 Å². The summed E-state index contributed by atoms with van der Waals surface area (Å²) >= 11 is 0. The van der Waals surface area contributed by atoms with Crippen molar-refractivity contribution in [1.29, 1.82) is 0 Å². The maximum atomic E-state index is 9.39. The number of nitrogens with zero attached hydrogens (tertiary/aromatic N) is 2. The summed E-state index contributed by atoms with van der Waals surface area (Å²) in [6.07, 6.45) is 3.81. The van der Waals surface area contributed by atoms with Gasteiger partial charge in [0.25, 0.3) is 0 Å². The summed E-state index contributed by atoms with van der Waals surface area (Å²) < 4.78 is 0. The van der Waals surface area contributed by atoms with Crippen LogP contribution in [-0.4, -0.2) is 40.8 Å². The van der Waals surface area contributed by atoms with Gasteiger partial charge in [0.2, 0.25) is 5.95 Å². The number of benzene rings is 2. The second kappa shape index (κ2) is 10.4. The maximum Gasteiger partial charge on any atom is 0.223 e. The van der Waals surface area contributed by atoms with E-state index in [1.165, 1.54) is 12.0 Å². The van der Waals surface area contributed by atoms with Crippen molar-refractivity contribution in [2.75, 3.05) is 25.0 Å². The zero-order valence-electron chi connectivity index (χ0n) is 18.0. The Morgan fingerprint density at radius 1 is 1.10 bits per heavy atom. The Morgan fingerprint density at radius 3 is 2.81 bits per heavy atom. The van der Waals surface area contributed by atoms with Crippen molar-refractivity contribution in [1.82, 2.24) is 20.6 Å². The highest BCUT2D eigenvalue weighted by Gasteiger charge is 2.20. The van der Waals surface area contributed by atoms with E-state index in [2.05, 4.69) is 52.1 Å². The van der Waals surface area contributed by atoms with Crippen LogP contribution >= 0.6 is 0 Å². The van der Waals surface area contributed by atoms with Gasteiger partial charge < -0.3 is 21.1 Å². The van der Waals surface area contributed by atoms with Crippen LogP contribution < -0.4 is 16.0 Å². The lowest BCUT2D eigenvalue weighted by atomic mass is 9.95. The van der Waals surface area contributed by atoms with Crippen molar-refractivity contribution in [3.8, 4) is 17.0 Å². The van der Waals surface area contributed by atoms with Crippen LogP contribution in [0.15, 0.2) is 60.8 Å². The third-order valence-electron chi connectivity index (χ3n) is 5.87. The molecule has 1 aromatic heterocycles. The van der Waals surface area contributed by atoms with Gasteiger partial charge in [-0.15, -0.1) is 0 Å². The van der Waals surface area contributed by atoms with Crippen LogP contribution in [0.4, 0.5) is 5.95 Å². The van der Waals surface area contributed by atoms with E-state index in [0.29, 0.717) is 17.9 Å². The lowest BCUT2D eigenvalue weighted by Gasteiger charge is -2.30. The van der Waals surface area contributed by atoms with E-state index in [-0.39, 0.29) is 5.75 Å². The molecule has 0 spiro atoms. The lowest BCUT2D eigenvalue weighted by Crippen LogP contribution is -2.45. The van der Waals surface area contributed by atoms with Crippen LogP contribution in [0.1, 0.15) is 24.5 Å². The summed E-state index contributed by atoms with van der Waals surface area (Å²) in [7, 11) is 0. The molecule has 6 heteroatoms. The molecule has 1 saturated heterocycles. The fraction of sp³-hybridized carbons (Fsp3) is 0.360. The van der Waals surface area contributed by atoms with Gasteiger partial charge in [-0.25, -0.2) is 9.97 Å². The minimum Gasteiger partial charge on any atom is -0.508 e. The lowest BCUT2D eigenvalue weighted by molar-refractivity contribution is 0.295. The van der Waals surface area contributed by atoms with Crippen LogP contribution in [0.25, 0.3) is 11.3 Å². The molecule has 4 rings (SSSR count). The van der Waals surface area contributed by atoms with Gasteiger partial charge in [-0.2, -0.15) is 0 Å². The van der Waals surface area contributed by atoms with E-state index in [4.69, 9.17) is 4.98 Å². The van der Waals surface area contributed by atoms with Crippen molar-refractivity contribution >= 4 is 5.95 Å². The predicted molar refractivity (Wildman–Crippen MR) is 125 cm³/mol. The third-order valence-corrected chi connectivity index (χ3v) is 5.87. The summed E-state index contributed by atoms with van der Waals surface area (Å²) in [5.74, 6) is 1.56. The zero-order chi connectivity index (χ0) is 21.5. The third kappa shape index (κ3) is 6.03. The van der Waals surface area contributed by atoms with Gasteiger partial charge in [0.05, 0.1) is 5.69 Å². The van der Waals surface area contributed by atoms with E-state index < -0.39 is 0 Å². The summed E-state index contributed by atoms with van der Waals surface area (Å²) in [6, 6.07) is 18.4. The van der Waals surface area contributed by atoms with Gasteiger partial charge in [-0.3, -0.25) is 0 Å². The fourth-order valence-electron chi connectivity index (χ4n) is 3.99. The highest BCUT2D eigenvalue weighted by molar-refractivity contribution is 5.60. The minimum absolute atomic E-state index is 0.287. The van der Waals surface area contributed by atoms with Crippen molar-refractivity contribution < 1.29 is 5.11 Å². The van der Waals surface area contributed by atoms with Crippen molar-refractivity contribution in [3.63, 3.8) is 0 Å². The minimum atomic E-state index is 0.287. The number of rotatable bonds is 8. The molecule has 0 bridgehead atoms. The Morgan fingerprint density at radius 2 is 1.97 bits per heavy atom. The monoisotopic (exact) mass is 417 g/mol. The Kier molecular flexibility index (Phi) is 7.12. The van der Waals surface area contributed by atoms with E-state index in [1.807, 2.05) is 18.2 Å². The molecule has 2 heterocycles. The molecule has 1 fully saturated rings. The van der Waals surface area contributed by atoms with Gasteiger partial charge in [0, 0.05) is 30.9 Å². The number of anilines is 1. The summed E-state index contributed by atoms with van der Waals surface area (Å²) in [4.78, 5) is 9.06. The quantitative estimate of drug-likeness (QED) is 0.448. The Hall–Kier alpha value is -2.96. The van der Waals surface area contributed by atoms with Gasteiger partial charge in [0.1, 0.15) is 5.75 Å². The van der Waals surface area contributed by atoms with Crippen molar-refractivity contribution in [2.24, 2.45) is 5.92 Å². The normalized spacial score (nSPS) is 18.6. The first-order valence-corrected chi connectivity index (χ1v) is 11.1. The molecule has 2 atom stereocenters. The van der Waals surface area contributed by atoms with E-state index in [1.54, 1.807) is 18.3 Å². The zero-order valence-corrected chi connectivity index (χ0v) is 18.0. The molecular weight excluding hydrogens is 386 g/mol. The molecule has 0 aliphatic carbocycles. The van der Waals surface area contributed by atoms with E-state index in [9.17, 15) is 5.11 Å². The molecule has 1 unspecified atom stereocenters. The average molecular weight is 418 g/mol. The van der Waals surface area contributed by atoms with Gasteiger partial charge >= 0.3 is 0 Å². The number of nitrogens with one attached hydrogen (secondary N) is 3. The fourth-order valence-corrected chi connectivity index (χ4v) is 3.99. The van der Waals surface area contributed by atoms with Crippen LogP contribution in [0, 0.1) is 5.92 Å². The van der Waals surface area contributed by atoms with Crippen LogP contribution in [0.3, 0.4) is 0 Å². The largest absolute Gasteiger partial charge is 0.508 e. The number of hydrogen-bond donors (Lipinski definition) is 4. The number of piperidine rings is 1. The molecule has 162 valence electrons. The molecule has 0 amide bonds. The first kappa shape index (κ1) is 21.3. The Labute approximate surface area is 184 Å². The number of phenolic OH excluding ortho intramolecular Hbond substituents is 1. The topological polar surface area (TPSA) is 82.1 Å². The Bertz CT molecular complexity index is 976. The standard InChI is InChI=1S/C25H31N5O/c1-18-16-26-12-10-23(18)29-17-20-3-2-4-21(15-20)24-11-14-28-25(30-24)27-13-9-19-5-7-22(31)8-6-19/h2-8,11,14-15,18,23,26,29,31H,9-10,12-13,16-17H2,1H3,(H,27,28,30)/t18-,23?/m1/s1. The Balaban J connectivity index is 1.35. The summed E-state index contributed by atoms with van der Waals surface area (Å²) in [5.41, 5.74) is 4.44. The molecule has 0 radical (unpaired) electrons. The van der Waals surface area contributed by atoms with Crippen LogP contribution in [0.5, 0.6) is 5.75 Å². The number of aromatic hydroxyl groups is 1.